The predicted molar refractivity (Wildman–Crippen MR) is 72.2 cm³/mol. The molecule has 1 atom stereocenters. The number of benzene rings is 1. The van der Waals surface area contributed by atoms with Crippen LogP contribution in [0, 0.1) is 6.92 Å². The van der Waals surface area contributed by atoms with Gasteiger partial charge in [0.05, 0.1) is 0 Å². The summed E-state index contributed by atoms with van der Waals surface area (Å²) in [4.78, 5) is 0. The summed E-state index contributed by atoms with van der Waals surface area (Å²) >= 11 is 0. The van der Waals surface area contributed by atoms with E-state index in [-0.39, 0.29) is 5.41 Å². The molecule has 1 N–H and O–H groups in total. The molecule has 0 radical (unpaired) electrons. The number of likely N-dealkylation sites (N-methyl/N-ethyl adjacent to an activating group) is 1. The van der Waals surface area contributed by atoms with Crippen molar-refractivity contribution in [2.24, 2.45) is 0 Å². The minimum atomic E-state index is 0.238. The second-order valence-electron chi connectivity index (χ2n) is 5.78. The van der Waals surface area contributed by atoms with E-state index in [0.717, 1.165) is 6.54 Å². The number of nitrogens with one attached hydrogen (secondary N) is 1. The monoisotopic (exact) mass is 219 g/mol. The molecule has 0 spiro atoms. The summed E-state index contributed by atoms with van der Waals surface area (Å²) in [6.07, 6.45) is 0. The highest BCUT2D eigenvalue weighted by Crippen LogP contribution is 2.27. The molecule has 1 aromatic rings. The summed E-state index contributed by atoms with van der Waals surface area (Å²) in [6, 6.07) is 6.88. The van der Waals surface area contributed by atoms with E-state index < -0.39 is 0 Å². The summed E-state index contributed by atoms with van der Waals surface area (Å²) in [6.45, 7) is 12.3. The molecule has 1 nitrogen and oxygen atoms in total. The van der Waals surface area contributed by atoms with E-state index in [2.05, 4.69) is 58.1 Å². The van der Waals surface area contributed by atoms with E-state index in [1.807, 2.05) is 7.05 Å². The topological polar surface area (TPSA) is 12.0 Å². The van der Waals surface area contributed by atoms with Gasteiger partial charge in [0.15, 0.2) is 0 Å². The van der Waals surface area contributed by atoms with Crippen LogP contribution in [0.15, 0.2) is 18.2 Å². The summed E-state index contributed by atoms with van der Waals surface area (Å²) < 4.78 is 0. The molecule has 90 valence electrons. The van der Waals surface area contributed by atoms with E-state index >= 15 is 0 Å². The van der Waals surface area contributed by atoms with E-state index in [1.165, 1.54) is 16.7 Å². The first-order chi connectivity index (χ1) is 7.36. The molecule has 0 aliphatic heterocycles. The Balaban J connectivity index is 3.09. The Hall–Kier alpha value is -0.820. The molecule has 1 aromatic carbocycles. The first-order valence-corrected chi connectivity index (χ1v) is 6.12. The third-order valence-electron chi connectivity index (χ3n) is 3.19. The van der Waals surface area contributed by atoms with Crippen molar-refractivity contribution in [3.05, 3.63) is 34.9 Å². The Morgan fingerprint density at radius 2 is 1.88 bits per heavy atom. The van der Waals surface area contributed by atoms with Gasteiger partial charge >= 0.3 is 0 Å². The standard InChI is InChI=1S/C15H25N/c1-11-7-8-13(15(3,4)5)9-14(11)12(2)10-16-6/h7-9,12,16H,10H2,1-6H3. The van der Waals surface area contributed by atoms with Gasteiger partial charge in [0, 0.05) is 6.54 Å². The molecule has 0 fully saturated rings. The maximum Gasteiger partial charge on any atom is 0.00145 e. The fourth-order valence-electron chi connectivity index (χ4n) is 2.05. The molecule has 0 aliphatic carbocycles. The fourth-order valence-corrected chi connectivity index (χ4v) is 2.05. The van der Waals surface area contributed by atoms with Crippen LogP contribution in [0.3, 0.4) is 0 Å². The van der Waals surface area contributed by atoms with Gasteiger partial charge in [-0.3, -0.25) is 0 Å². The van der Waals surface area contributed by atoms with Gasteiger partial charge in [0.2, 0.25) is 0 Å². The molecular formula is C15H25N. The molecule has 16 heavy (non-hydrogen) atoms. The van der Waals surface area contributed by atoms with E-state index in [0.29, 0.717) is 5.92 Å². The molecule has 0 aliphatic rings. The van der Waals surface area contributed by atoms with Crippen LogP contribution in [0.1, 0.15) is 50.3 Å². The van der Waals surface area contributed by atoms with Crippen LogP contribution >= 0.6 is 0 Å². The van der Waals surface area contributed by atoms with Gasteiger partial charge in [-0.1, -0.05) is 45.9 Å². The first kappa shape index (κ1) is 13.2. The molecule has 1 heteroatoms. The smallest absolute Gasteiger partial charge is 0.00145 e. The van der Waals surface area contributed by atoms with E-state index in [4.69, 9.17) is 0 Å². The average Bonchev–Trinajstić information content (AvgIpc) is 2.16. The molecule has 0 saturated heterocycles. The Morgan fingerprint density at radius 3 is 2.38 bits per heavy atom. The number of rotatable bonds is 3. The van der Waals surface area contributed by atoms with Crippen molar-refractivity contribution < 1.29 is 0 Å². The third kappa shape index (κ3) is 3.08. The normalized spacial score (nSPS) is 13.9. The lowest BCUT2D eigenvalue weighted by atomic mass is 9.83. The summed E-state index contributed by atoms with van der Waals surface area (Å²) in [5.41, 5.74) is 4.54. The first-order valence-electron chi connectivity index (χ1n) is 6.12. The van der Waals surface area contributed by atoms with Crippen LogP contribution in [0.4, 0.5) is 0 Å². The lowest BCUT2D eigenvalue weighted by Crippen LogP contribution is -2.17. The van der Waals surface area contributed by atoms with Crippen molar-refractivity contribution in [2.45, 2.75) is 46.0 Å². The largest absolute Gasteiger partial charge is 0.319 e. The predicted octanol–water partition coefficient (Wildman–Crippen LogP) is 3.62. The van der Waals surface area contributed by atoms with Crippen molar-refractivity contribution in [3.8, 4) is 0 Å². The molecule has 1 rings (SSSR count). The lowest BCUT2D eigenvalue weighted by molar-refractivity contribution is 0.586. The maximum absolute atomic E-state index is 3.25. The Labute approximate surface area is 100 Å². The minimum Gasteiger partial charge on any atom is -0.319 e. The van der Waals surface area contributed by atoms with Crippen LogP contribution < -0.4 is 5.32 Å². The van der Waals surface area contributed by atoms with E-state index in [1.54, 1.807) is 0 Å². The molecule has 1 unspecified atom stereocenters. The molecular weight excluding hydrogens is 194 g/mol. The van der Waals surface area contributed by atoms with Gasteiger partial charge in [-0.25, -0.2) is 0 Å². The highest BCUT2D eigenvalue weighted by molar-refractivity contribution is 5.36. The Bertz CT molecular complexity index is 347. The third-order valence-corrected chi connectivity index (χ3v) is 3.19. The van der Waals surface area contributed by atoms with Gasteiger partial charge in [0.25, 0.3) is 0 Å². The molecule has 0 amide bonds. The summed E-state index contributed by atoms with van der Waals surface area (Å²) in [7, 11) is 2.01. The van der Waals surface area contributed by atoms with Crippen molar-refractivity contribution in [3.63, 3.8) is 0 Å². The van der Waals surface area contributed by atoms with Crippen molar-refractivity contribution in [1.29, 1.82) is 0 Å². The van der Waals surface area contributed by atoms with Gasteiger partial charge < -0.3 is 5.32 Å². The Morgan fingerprint density at radius 1 is 1.25 bits per heavy atom. The summed E-state index contributed by atoms with van der Waals surface area (Å²) in [5, 5.41) is 3.25. The lowest BCUT2D eigenvalue weighted by Gasteiger charge is -2.23. The van der Waals surface area contributed by atoms with Crippen LogP contribution in [-0.4, -0.2) is 13.6 Å². The second-order valence-corrected chi connectivity index (χ2v) is 5.78. The average molecular weight is 219 g/mol. The SMILES string of the molecule is CNCC(C)c1cc(C(C)(C)C)ccc1C. The highest BCUT2D eigenvalue weighted by atomic mass is 14.8. The zero-order chi connectivity index (χ0) is 12.3. The fraction of sp³-hybridized carbons (Fsp3) is 0.600. The number of aryl methyl sites for hydroxylation is 1. The number of hydrogen-bond donors (Lipinski definition) is 1. The van der Waals surface area contributed by atoms with Crippen molar-refractivity contribution in [2.75, 3.05) is 13.6 Å². The van der Waals surface area contributed by atoms with Gasteiger partial charge in [-0.2, -0.15) is 0 Å². The highest BCUT2D eigenvalue weighted by Gasteiger charge is 2.16. The Kier molecular flexibility index (Phi) is 4.15. The van der Waals surface area contributed by atoms with Gasteiger partial charge in [-0.15, -0.1) is 0 Å². The number of hydrogen-bond acceptors (Lipinski definition) is 1. The van der Waals surface area contributed by atoms with Gasteiger partial charge in [-0.05, 0) is 42.0 Å². The zero-order valence-corrected chi connectivity index (χ0v) is 11.5. The molecule has 0 aromatic heterocycles. The van der Waals surface area contributed by atoms with Crippen LogP contribution in [0.25, 0.3) is 0 Å². The van der Waals surface area contributed by atoms with E-state index in [9.17, 15) is 0 Å². The van der Waals surface area contributed by atoms with Crippen LogP contribution in [0.2, 0.25) is 0 Å². The summed E-state index contributed by atoms with van der Waals surface area (Å²) in [5.74, 6) is 0.576. The van der Waals surface area contributed by atoms with Crippen molar-refractivity contribution in [1.82, 2.24) is 5.32 Å². The molecule has 0 heterocycles. The van der Waals surface area contributed by atoms with Crippen molar-refractivity contribution >= 4 is 0 Å². The van der Waals surface area contributed by atoms with Crippen LogP contribution in [-0.2, 0) is 5.41 Å². The molecule has 0 saturated carbocycles. The molecule has 0 bridgehead atoms. The zero-order valence-electron chi connectivity index (χ0n) is 11.5. The van der Waals surface area contributed by atoms with Crippen LogP contribution in [0.5, 0.6) is 0 Å². The maximum atomic E-state index is 3.25. The van der Waals surface area contributed by atoms with Gasteiger partial charge in [0.1, 0.15) is 0 Å². The second kappa shape index (κ2) is 5.01. The quantitative estimate of drug-likeness (QED) is 0.819. The minimum absolute atomic E-state index is 0.238.